The summed E-state index contributed by atoms with van der Waals surface area (Å²) in [5, 5.41) is 3.13. The molecule has 3 N–H and O–H groups in total. The second-order valence-electron chi connectivity index (χ2n) is 18.8. The summed E-state index contributed by atoms with van der Waals surface area (Å²) in [4.78, 5) is 37.7. The fourth-order valence-corrected chi connectivity index (χ4v) is 7.69. The number of carbonyl (C=O) groups is 3. The zero-order valence-electron chi connectivity index (χ0n) is 33.1. The number of nitrogens with two attached hydrogens (primary N) is 1. The third-order valence-corrected chi connectivity index (χ3v) is 12.4. The highest BCUT2D eigenvalue weighted by Crippen LogP contribution is 2.42. The minimum atomic E-state index is -0.471. The van der Waals surface area contributed by atoms with Gasteiger partial charge in [-0.25, -0.2) is 0 Å². The summed E-state index contributed by atoms with van der Waals surface area (Å²) < 4.78 is 11.5. The van der Waals surface area contributed by atoms with E-state index in [0.717, 1.165) is 57.8 Å². The molecule has 2 saturated heterocycles. The van der Waals surface area contributed by atoms with Gasteiger partial charge >= 0.3 is 0 Å². The molecule has 8 nitrogen and oxygen atoms in total. The molecule has 4 aliphatic rings. The third-order valence-electron chi connectivity index (χ3n) is 12.4. The molecule has 0 aromatic rings. The van der Waals surface area contributed by atoms with Crippen LogP contribution in [0.3, 0.4) is 0 Å². The molecule has 8 heteroatoms. The van der Waals surface area contributed by atoms with Crippen LogP contribution in [0.1, 0.15) is 141 Å². The Morgan fingerprint density at radius 3 is 1.67 bits per heavy atom. The molecule has 0 bridgehead atoms. The van der Waals surface area contributed by atoms with E-state index in [0.29, 0.717) is 52.9 Å². The van der Waals surface area contributed by atoms with E-state index < -0.39 is 6.04 Å². The van der Waals surface area contributed by atoms with Gasteiger partial charge in [0.05, 0.1) is 13.2 Å². The Hall–Kier alpha value is -1.51. The first-order chi connectivity index (χ1) is 22.1. The van der Waals surface area contributed by atoms with E-state index in [1.807, 2.05) is 20.8 Å². The van der Waals surface area contributed by atoms with Crippen LogP contribution in [0.4, 0.5) is 0 Å². The van der Waals surface area contributed by atoms with Crippen molar-refractivity contribution in [1.29, 1.82) is 0 Å². The average molecular weight is 678 g/mol. The zero-order valence-corrected chi connectivity index (χ0v) is 33.1. The number of nitrogens with one attached hydrogen (secondary N) is 1. The lowest BCUT2D eigenvalue weighted by Gasteiger charge is -2.48. The van der Waals surface area contributed by atoms with Gasteiger partial charge in [0, 0.05) is 17.4 Å². The van der Waals surface area contributed by atoms with Crippen molar-refractivity contribution in [2.75, 3.05) is 13.2 Å². The van der Waals surface area contributed by atoms with Crippen LogP contribution in [0.2, 0.25) is 0 Å². The third kappa shape index (κ3) is 12.7. The Balaban J connectivity index is 0.000000323. The summed E-state index contributed by atoms with van der Waals surface area (Å²) >= 11 is 0. The molecule has 0 aromatic carbocycles. The molecule has 9 atom stereocenters. The van der Waals surface area contributed by atoms with E-state index in [1.165, 1.54) is 12.8 Å². The predicted molar refractivity (Wildman–Crippen MR) is 196 cm³/mol. The Bertz CT molecular complexity index is 975. The van der Waals surface area contributed by atoms with Gasteiger partial charge in [-0.15, -0.1) is 0 Å². The minimum absolute atomic E-state index is 0.0359. The van der Waals surface area contributed by atoms with E-state index in [1.54, 1.807) is 4.90 Å². The van der Waals surface area contributed by atoms with Crippen molar-refractivity contribution in [3.63, 3.8) is 0 Å². The van der Waals surface area contributed by atoms with Crippen molar-refractivity contribution in [2.24, 2.45) is 63.9 Å². The molecule has 2 amide bonds. The number of hydrogen-bond acceptors (Lipinski definition) is 6. The lowest BCUT2D eigenvalue weighted by atomic mass is 9.70. The van der Waals surface area contributed by atoms with E-state index in [2.05, 4.69) is 74.6 Å². The van der Waals surface area contributed by atoms with E-state index >= 15 is 0 Å². The first kappa shape index (κ1) is 42.7. The topological polar surface area (TPSA) is 111 Å². The molecule has 4 rings (SSSR count). The first-order valence-corrected chi connectivity index (χ1v) is 19.1. The van der Waals surface area contributed by atoms with E-state index in [4.69, 9.17) is 15.2 Å². The van der Waals surface area contributed by atoms with Crippen molar-refractivity contribution in [1.82, 2.24) is 10.2 Å². The number of nitrogens with zero attached hydrogens (tertiary/aromatic N) is 1. The monoisotopic (exact) mass is 678 g/mol. The Morgan fingerprint density at radius 2 is 1.23 bits per heavy atom. The predicted octanol–water partition coefficient (Wildman–Crippen LogP) is 7.82. The average Bonchev–Trinajstić information content (AvgIpc) is 3.00. The quantitative estimate of drug-likeness (QED) is 0.278. The van der Waals surface area contributed by atoms with Gasteiger partial charge in [-0.2, -0.15) is 0 Å². The highest BCUT2D eigenvalue weighted by molar-refractivity contribution is 5.84. The smallest absolute Gasteiger partial charge is 0.243 e. The standard InChI is InChI=1S/C23H42N2O3.C9H16O.C8H17NO/c1-15-13-28-21(17(3)16(15)2)25(14-26)19(20(27)24-22(4,5)6)18-9-11-23(7,8)12-10-18;1-9(2)5-3-8(7-10)4-6-9;1-5-4-10-8(9)7(3)6(5)2/h14-19,21H,9-13H2,1-8H3,(H,24,27);7-8H,3-6H2,1-2H3;5-8H,4,9H2,1-3H3/t15-,16-,17+,19+,21?;;5-,6-,7+,8+/m1.1/s1. The van der Waals surface area contributed by atoms with Gasteiger partial charge in [-0.05, 0) is 118 Å². The van der Waals surface area contributed by atoms with Crippen LogP contribution >= 0.6 is 0 Å². The molecule has 2 aliphatic carbocycles. The maximum absolute atomic E-state index is 13.3. The van der Waals surface area contributed by atoms with Gasteiger partial charge in [0.2, 0.25) is 12.3 Å². The maximum Gasteiger partial charge on any atom is 0.243 e. The summed E-state index contributed by atoms with van der Waals surface area (Å²) in [6.45, 7) is 29.8. The molecule has 0 radical (unpaired) electrons. The molecule has 280 valence electrons. The molecule has 0 aromatic heterocycles. The summed E-state index contributed by atoms with van der Waals surface area (Å²) in [7, 11) is 0. The van der Waals surface area contributed by atoms with Crippen molar-refractivity contribution >= 4 is 18.6 Å². The fourth-order valence-electron chi connectivity index (χ4n) is 7.69. The SMILES string of the molecule is CC1(C)CCC(C=O)CC1.C[C@@H]1[C@H](C)COC(N(C=O)[C@H](C(=O)NC(C)(C)C)C2CCC(C)(C)CC2)[C@H]1C.C[C@H]1[C@H](C)[C@@H](N)OC[C@H]1C. The second-order valence-corrected chi connectivity index (χ2v) is 18.8. The molecule has 48 heavy (non-hydrogen) atoms. The van der Waals surface area contributed by atoms with Crippen LogP contribution in [-0.4, -0.2) is 60.8 Å². The van der Waals surface area contributed by atoms with Crippen LogP contribution in [-0.2, 0) is 23.9 Å². The van der Waals surface area contributed by atoms with Gasteiger partial charge < -0.3 is 30.2 Å². The van der Waals surface area contributed by atoms with Crippen LogP contribution in [0, 0.1) is 58.2 Å². The van der Waals surface area contributed by atoms with E-state index in [9.17, 15) is 14.4 Å². The lowest BCUT2D eigenvalue weighted by molar-refractivity contribution is -0.180. The van der Waals surface area contributed by atoms with Crippen molar-refractivity contribution in [3.05, 3.63) is 0 Å². The fraction of sp³-hybridized carbons (Fsp3) is 0.925. The van der Waals surface area contributed by atoms with Gasteiger partial charge in [-0.3, -0.25) is 9.59 Å². The highest BCUT2D eigenvalue weighted by atomic mass is 16.5. The summed E-state index contributed by atoms with van der Waals surface area (Å²) in [5.41, 5.74) is 6.19. The lowest BCUT2D eigenvalue weighted by Crippen LogP contribution is -2.61. The zero-order chi connectivity index (χ0) is 36.6. The summed E-state index contributed by atoms with van der Waals surface area (Å²) in [5.74, 6) is 3.45. The number of rotatable bonds is 6. The number of carbonyl (C=O) groups excluding carboxylic acids is 3. The molecule has 0 spiro atoms. The second kappa shape index (κ2) is 18.1. The summed E-state index contributed by atoms with van der Waals surface area (Å²) in [6.07, 6.45) is 10.3. The largest absolute Gasteiger partial charge is 0.363 e. The van der Waals surface area contributed by atoms with Crippen LogP contribution in [0.15, 0.2) is 0 Å². The number of ether oxygens (including phenoxy) is 2. The molecular weight excluding hydrogens is 602 g/mol. The summed E-state index contributed by atoms with van der Waals surface area (Å²) in [6, 6.07) is -0.471. The maximum atomic E-state index is 13.3. The Kier molecular flexibility index (Phi) is 16.1. The molecule has 2 aliphatic heterocycles. The van der Waals surface area contributed by atoms with E-state index in [-0.39, 0.29) is 35.7 Å². The first-order valence-electron chi connectivity index (χ1n) is 19.1. The molecule has 4 fully saturated rings. The normalized spacial score (nSPS) is 34.6. The molecule has 2 heterocycles. The van der Waals surface area contributed by atoms with Crippen LogP contribution in [0.25, 0.3) is 0 Å². The minimum Gasteiger partial charge on any atom is -0.363 e. The van der Waals surface area contributed by atoms with Crippen LogP contribution < -0.4 is 11.1 Å². The number of hydrogen-bond donors (Lipinski definition) is 2. The molecule has 1 unspecified atom stereocenters. The van der Waals surface area contributed by atoms with Crippen molar-refractivity contribution in [2.45, 2.75) is 165 Å². The molecular formula is C40H75N3O5. The van der Waals surface area contributed by atoms with Crippen molar-refractivity contribution < 1.29 is 23.9 Å². The number of aldehydes is 1. The molecule has 2 saturated carbocycles. The Morgan fingerprint density at radius 1 is 0.771 bits per heavy atom. The van der Waals surface area contributed by atoms with Gasteiger partial charge in [0.25, 0.3) is 0 Å². The van der Waals surface area contributed by atoms with Gasteiger partial charge in [0.15, 0.2) is 0 Å². The highest BCUT2D eigenvalue weighted by Gasteiger charge is 2.45. The van der Waals surface area contributed by atoms with Gasteiger partial charge in [0.1, 0.15) is 24.8 Å². The number of amides is 2. The van der Waals surface area contributed by atoms with Gasteiger partial charge in [-0.1, -0.05) is 69.2 Å². The Labute approximate surface area is 294 Å². The van der Waals surface area contributed by atoms with Crippen LogP contribution in [0.5, 0.6) is 0 Å². The van der Waals surface area contributed by atoms with Crippen molar-refractivity contribution in [3.8, 4) is 0 Å².